The Hall–Kier alpha value is -1.30. The van der Waals surface area contributed by atoms with Crippen molar-refractivity contribution < 1.29 is 19.2 Å². The van der Waals surface area contributed by atoms with E-state index < -0.39 is 12.0 Å². The van der Waals surface area contributed by atoms with Gasteiger partial charge in [-0.05, 0) is 6.42 Å². The average molecular weight is 414 g/mol. The van der Waals surface area contributed by atoms with Gasteiger partial charge < -0.3 is 24.6 Å². The Morgan fingerprint density at radius 2 is 1.31 bits per heavy atom. The van der Waals surface area contributed by atoms with E-state index in [-0.39, 0.29) is 12.5 Å². The van der Waals surface area contributed by atoms with Gasteiger partial charge in [0, 0.05) is 26.0 Å². The molecule has 1 atom stereocenters. The summed E-state index contributed by atoms with van der Waals surface area (Å²) >= 11 is 0. The maximum atomic E-state index is 12.3. The number of nitrogens with one attached hydrogen (secondary N) is 1. The molecule has 0 spiro atoms. The number of urea groups is 1. The fourth-order valence-electron chi connectivity index (χ4n) is 3.60. The summed E-state index contributed by atoms with van der Waals surface area (Å²) in [6.45, 7) is 3.50. The molecule has 0 aromatic rings. The number of likely N-dealkylation sites (N-methyl/N-ethyl adjacent to an activating group) is 1. The van der Waals surface area contributed by atoms with E-state index in [1.165, 1.54) is 64.2 Å². The van der Waals surface area contributed by atoms with Gasteiger partial charge in [0.25, 0.3) is 0 Å². The van der Waals surface area contributed by atoms with Crippen molar-refractivity contribution in [1.29, 1.82) is 0 Å². The first-order chi connectivity index (χ1) is 13.7. The van der Waals surface area contributed by atoms with Crippen LogP contribution in [0.5, 0.6) is 0 Å². The first-order valence-electron chi connectivity index (χ1n) is 11.7. The van der Waals surface area contributed by atoms with Gasteiger partial charge in [-0.1, -0.05) is 77.6 Å². The van der Waals surface area contributed by atoms with Crippen LogP contribution in [-0.2, 0) is 4.79 Å². The predicted octanol–water partition coefficient (Wildman–Crippen LogP) is 3.54. The highest BCUT2D eigenvalue weighted by Crippen LogP contribution is 2.12. The summed E-state index contributed by atoms with van der Waals surface area (Å²) in [7, 11) is 7.70. The lowest BCUT2D eigenvalue weighted by Gasteiger charge is -2.31. The Balaban J connectivity index is 3.83. The van der Waals surface area contributed by atoms with Gasteiger partial charge in [0.1, 0.15) is 0 Å². The molecule has 0 aromatic carbocycles. The number of unbranched alkanes of at least 4 members (excludes halogenated alkanes) is 11. The van der Waals surface area contributed by atoms with Crippen molar-refractivity contribution in [2.75, 3.05) is 41.3 Å². The van der Waals surface area contributed by atoms with E-state index in [0.29, 0.717) is 17.6 Å². The molecule has 0 rings (SSSR count). The fraction of sp³-hybridized carbons (Fsp3) is 0.913. The lowest BCUT2D eigenvalue weighted by Crippen LogP contribution is -2.53. The van der Waals surface area contributed by atoms with Crippen LogP contribution in [0, 0.1) is 0 Å². The lowest BCUT2D eigenvalue weighted by atomic mass is 10.1. The minimum Gasteiger partial charge on any atom is -0.550 e. The second-order valence-corrected chi connectivity index (χ2v) is 9.51. The molecule has 172 valence electrons. The SMILES string of the molecule is CCCCCCCCCCCCCCN(C)C(=O)NC(CC(=O)[O-])C[N+](C)(C)C. The zero-order valence-electron chi connectivity index (χ0n) is 19.8. The lowest BCUT2D eigenvalue weighted by molar-refractivity contribution is -0.871. The number of carboxylic acid groups (broad SMARTS) is 1. The highest BCUT2D eigenvalue weighted by Gasteiger charge is 2.21. The van der Waals surface area contributed by atoms with Crippen LogP contribution in [0.25, 0.3) is 0 Å². The Morgan fingerprint density at radius 3 is 1.72 bits per heavy atom. The minimum atomic E-state index is -1.13. The molecule has 0 heterocycles. The first-order valence-corrected chi connectivity index (χ1v) is 11.7. The van der Waals surface area contributed by atoms with Crippen molar-refractivity contribution in [1.82, 2.24) is 10.2 Å². The maximum Gasteiger partial charge on any atom is 0.317 e. The highest BCUT2D eigenvalue weighted by molar-refractivity contribution is 5.75. The molecule has 0 bridgehead atoms. The van der Waals surface area contributed by atoms with Crippen LogP contribution in [0.3, 0.4) is 0 Å². The number of hydrogen-bond donors (Lipinski definition) is 1. The van der Waals surface area contributed by atoms with E-state index in [2.05, 4.69) is 12.2 Å². The van der Waals surface area contributed by atoms with Gasteiger partial charge in [0.05, 0.1) is 33.7 Å². The Kier molecular flexibility index (Phi) is 15.8. The summed E-state index contributed by atoms with van der Waals surface area (Å²) in [5, 5.41) is 13.8. The van der Waals surface area contributed by atoms with Crippen LogP contribution >= 0.6 is 0 Å². The normalized spacial score (nSPS) is 12.6. The number of carbonyl (C=O) groups is 2. The summed E-state index contributed by atoms with van der Waals surface area (Å²) in [5.41, 5.74) is 0. The van der Waals surface area contributed by atoms with E-state index in [4.69, 9.17) is 0 Å². The molecule has 6 heteroatoms. The number of hydrogen-bond acceptors (Lipinski definition) is 3. The molecular formula is C23H47N3O3. The molecule has 0 fully saturated rings. The molecule has 0 aliphatic carbocycles. The van der Waals surface area contributed by atoms with Gasteiger partial charge >= 0.3 is 6.03 Å². The number of carboxylic acids is 1. The molecule has 2 amide bonds. The summed E-state index contributed by atoms with van der Waals surface area (Å²) in [6.07, 6.45) is 15.3. The van der Waals surface area contributed by atoms with Crippen LogP contribution in [0.4, 0.5) is 4.79 Å². The average Bonchev–Trinajstić information content (AvgIpc) is 2.60. The Bertz CT molecular complexity index is 436. The zero-order valence-corrected chi connectivity index (χ0v) is 19.8. The topological polar surface area (TPSA) is 72.5 Å². The van der Waals surface area contributed by atoms with Gasteiger partial charge in [0.2, 0.25) is 0 Å². The fourth-order valence-corrected chi connectivity index (χ4v) is 3.60. The van der Waals surface area contributed by atoms with Gasteiger partial charge in [-0.3, -0.25) is 0 Å². The monoisotopic (exact) mass is 413 g/mol. The van der Waals surface area contributed by atoms with Gasteiger partial charge in [-0.25, -0.2) is 4.79 Å². The van der Waals surface area contributed by atoms with Crippen molar-refractivity contribution >= 4 is 12.0 Å². The van der Waals surface area contributed by atoms with Gasteiger partial charge in [-0.2, -0.15) is 0 Å². The minimum absolute atomic E-state index is 0.159. The van der Waals surface area contributed by atoms with Crippen LogP contribution < -0.4 is 10.4 Å². The predicted molar refractivity (Wildman–Crippen MR) is 119 cm³/mol. The number of carbonyl (C=O) groups excluding carboxylic acids is 2. The van der Waals surface area contributed by atoms with E-state index in [9.17, 15) is 14.7 Å². The van der Waals surface area contributed by atoms with Crippen LogP contribution in [0.2, 0.25) is 0 Å². The third-order valence-electron chi connectivity index (χ3n) is 5.20. The summed E-state index contributed by atoms with van der Waals surface area (Å²) in [6, 6.07) is -0.621. The smallest absolute Gasteiger partial charge is 0.317 e. The Labute approximate surface area is 179 Å². The van der Waals surface area contributed by atoms with Crippen molar-refractivity contribution in [2.45, 2.75) is 96.4 Å². The molecule has 29 heavy (non-hydrogen) atoms. The molecular weight excluding hydrogens is 366 g/mol. The molecule has 0 saturated carbocycles. The van der Waals surface area contributed by atoms with E-state index in [1.54, 1.807) is 11.9 Å². The third kappa shape index (κ3) is 18.5. The molecule has 1 unspecified atom stereocenters. The van der Waals surface area contributed by atoms with E-state index >= 15 is 0 Å². The second kappa shape index (κ2) is 16.5. The number of rotatable bonds is 18. The number of aliphatic carboxylic acids is 1. The molecule has 0 aliphatic rings. The van der Waals surface area contributed by atoms with Gasteiger partial charge in [0.15, 0.2) is 0 Å². The summed E-state index contributed by atoms with van der Waals surface area (Å²) < 4.78 is 0.584. The largest absolute Gasteiger partial charge is 0.550 e. The van der Waals surface area contributed by atoms with E-state index in [0.717, 1.165) is 12.8 Å². The van der Waals surface area contributed by atoms with Crippen LogP contribution in [0.1, 0.15) is 90.4 Å². The van der Waals surface area contributed by atoms with Crippen molar-refractivity contribution in [3.05, 3.63) is 0 Å². The highest BCUT2D eigenvalue weighted by atomic mass is 16.4. The second-order valence-electron chi connectivity index (χ2n) is 9.51. The molecule has 0 aliphatic heterocycles. The number of amides is 2. The summed E-state index contributed by atoms with van der Waals surface area (Å²) in [5.74, 6) is -1.13. The summed E-state index contributed by atoms with van der Waals surface area (Å²) in [4.78, 5) is 25.0. The molecule has 1 N–H and O–H groups in total. The van der Waals surface area contributed by atoms with Crippen LogP contribution in [0.15, 0.2) is 0 Å². The standard InChI is InChI=1S/C23H47N3O3/c1-6-7-8-9-10-11-12-13-14-15-16-17-18-25(2)23(29)24-21(19-22(27)28)20-26(3,4)5/h21H,6-20H2,1-5H3,(H-,24,27,28,29). The van der Waals surface area contributed by atoms with Crippen LogP contribution in [-0.4, -0.2) is 68.7 Å². The van der Waals surface area contributed by atoms with Crippen molar-refractivity contribution in [3.8, 4) is 0 Å². The Morgan fingerprint density at radius 1 is 0.862 bits per heavy atom. The van der Waals surface area contributed by atoms with Crippen molar-refractivity contribution in [2.24, 2.45) is 0 Å². The third-order valence-corrected chi connectivity index (χ3v) is 5.20. The van der Waals surface area contributed by atoms with Crippen molar-refractivity contribution in [3.63, 3.8) is 0 Å². The number of quaternary nitrogens is 1. The maximum absolute atomic E-state index is 12.3. The molecule has 6 nitrogen and oxygen atoms in total. The molecule has 0 aromatic heterocycles. The first kappa shape index (κ1) is 27.7. The molecule has 0 radical (unpaired) electrons. The quantitative estimate of drug-likeness (QED) is 0.276. The van der Waals surface area contributed by atoms with E-state index in [1.807, 2.05) is 21.1 Å². The van der Waals surface area contributed by atoms with Gasteiger partial charge in [-0.15, -0.1) is 0 Å². The molecule has 0 saturated heterocycles. The number of nitrogens with zero attached hydrogens (tertiary/aromatic N) is 2. The zero-order chi connectivity index (χ0) is 22.1.